The average molecular weight is 530 g/mol. The second-order valence-corrected chi connectivity index (χ2v) is 11.7. The summed E-state index contributed by atoms with van der Waals surface area (Å²) in [5.74, 6) is -0.945. The number of aliphatic hydroxyl groups is 1. The smallest absolute Gasteiger partial charge is 0.221 e. The van der Waals surface area contributed by atoms with Gasteiger partial charge < -0.3 is 10.8 Å². The van der Waals surface area contributed by atoms with E-state index in [9.17, 15) is 14.3 Å². The van der Waals surface area contributed by atoms with E-state index in [1.807, 2.05) is 6.07 Å². The van der Waals surface area contributed by atoms with E-state index in [4.69, 9.17) is 5.73 Å². The lowest BCUT2D eigenvalue weighted by atomic mass is 9.69. The summed E-state index contributed by atoms with van der Waals surface area (Å²) in [7, 11) is 0. The zero-order valence-electron chi connectivity index (χ0n) is 24.1. The number of carbonyl (C=O) groups is 1. The van der Waals surface area contributed by atoms with Gasteiger partial charge in [-0.1, -0.05) is 81.6 Å². The third kappa shape index (κ3) is 6.27. The monoisotopic (exact) mass is 529 g/mol. The van der Waals surface area contributed by atoms with Gasteiger partial charge in [0, 0.05) is 5.41 Å². The van der Waals surface area contributed by atoms with E-state index in [1.54, 1.807) is 6.07 Å². The molecule has 1 amide bonds. The molecule has 3 nitrogen and oxygen atoms in total. The van der Waals surface area contributed by atoms with Crippen LogP contribution in [0.5, 0.6) is 0 Å². The third-order valence-corrected chi connectivity index (χ3v) is 9.25. The zero-order chi connectivity index (χ0) is 28.2. The Bertz CT molecular complexity index is 1320. The average Bonchev–Trinajstić information content (AvgIpc) is 2.91. The lowest BCUT2D eigenvalue weighted by Gasteiger charge is -2.35. The summed E-state index contributed by atoms with van der Waals surface area (Å²) >= 11 is 0. The van der Waals surface area contributed by atoms with Crippen LogP contribution in [0.15, 0.2) is 54.6 Å². The number of amides is 1. The van der Waals surface area contributed by atoms with Crippen LogP contribution in [0.4, 0.5) is 4.39 Å². The van der Waals surface area contributed by atoms with Gasteiger partial charge in [-0.25, -0.2) is 4.39 Å². The molecule has 0 saturated heterocycles. The minimum Gasteiger partial charge on any atom is -0.390 e. The number of nitrogens with two attached hydrogens (primary N) is 1. The van der Waals surface area contributed by atoms with Crippen molar-refractivity contribution in [1.82, 2.24) is 0 Å². The van der Waals surface area contributed by atoms with Crippen molar-refractivity contribution in [2.24, 2.45) is 5.73 Å². The molecule has 0 radical (unpaired) electrons. The Hall–Kier alpha value is -2.98. The highest BCUT2D eigenvalue weighted by molar-refractivity contribution is 5.77. The van der Waals surface area contributed by atoms with Crippen molar-refractivity contribution in [3.05, 3.63) is 93.8 Å². The summed E-state index contributed by atoms with van der Waals surface area (Å²) in [6.45, 7) is 8.78. The van der Waals surface area contributed by atoms with Crippen molar-refractivity contribution in [2.45, 2.75) is 103 Å². The van der Waals surface area contributed by atoms with Gasteiger partial charge in [0.15, 0.2) is 0 Å². The number of carbonyl (C=O) groups excluding carboxylic acids is 1. The number of hydrogen-bond acceptors (Lipinski definition) is 2. The summed E-state index contributed by atoms with van der Waals surface area (Å²) < 4.78 is 14.7. The molecule has 39 heavy (non-hydrogen) atoms. The second-order valence-electron chi connectivity index (χ2n) is 11.7. The van der Waals surface area contributed by atoms with Crippen LogP contribution in [0.2, 0.25) is 0 Å². The quantitative estimate of drug-likeness (QED) is 0.281. The predicted octanol–water partition coefficient (Wildman–Crippen LogP) is 7.87. The van der Waals surface area contributed by atoms with Crippen LogP contribution in [0.3, 0.4) is 0 Å². The first-order valence-corrected chi connectivity index (χ1v) is 14.6. The van der Waals surface area contributed by atoms with E-state index in [0.717, 1.165) is 68.1 Å². The molecule has 0 aromatic heterocycles. The predicted molar refractivity (Wildman–Crippen MR) is 158 cm³/mol. The van der Waals surface area contributed by atoms with Crippen molar-refractivity contribution in [2.75, 3.05) is 0 Å². The van der Waals surface area contributed by atoms with Crippen molar-refractivity contribution < 1.29 is 14.3 Å². The maximum atomic E-state index is 14.7. The maximum absolute atomic E-state index is 14.7. The maximum Gasteiger partial charge on any atom is 0.221 e. The molecular formula is C35H44FNO2. The highest BCUT2D eigenvalue weighted by Crippen LogP contribution is 2.41. The number of primary amides is 1. The highest BCUT2D eigenvalue weighted by Gasteiger charge is 2.32. The normalized spacial score (nSPS) is 15.3. The van der Waals surface area contributed by atoms with Gasteiger partial charge >= 0.3 is 0 Å². The number of halogens is 1. The van der Waals surface area contributed by atoms with E-state index in [1.165, 1.54) is 34.7 Å². The molecule has 4 heteroatoms. The fourth-order valence-corrected chi connectivity index (χ4v) is 6.67. The molecule has 0 heterocycles. The van der Waals surface area contributed by atoms with Crippen molar-refractivity contribution >= 4 is 5.91 Å². The van der Waals surface area contributed by atoms with Gasteiger partial charge in [-0.2, -0.15) is 0 Å². The van der Waals surface area contributed by atoms with Gasteiger partial charge in [-0.3, -0.25) is 4.79 Å². The molecule has 208 valence electrons. The Labute approximate surface area is 233 Å². The fraction of sp³-hybridized carbons (Fsp3) is 0.457. The van der Waals surface area contributed by atoms with Crippen LogP contribution in [-0.4, -0.2) is 16.6 Å². The molecular weight excluding hydrogens is 485 g/mol. The van der Waals surface area contributed by atoms with Gasteiger partial charge in [0.1, 0.15) is 5.82 Å². The topological polar surface area (TPSA) is 63.3 Å². The SMILES string of the molecule is CCC(CC)(c1ccc(CCC2(O)CCCCC2)c(C)c1)c1ccc(-c2ccc(CC(N)=O)c(F)c2)c(C)c1. The van der Waals surface area contributed by atoms with Crippen LogP contribution in [0.25, 0.3) is 11.1 Å². The van der Waals surface area contributed by atoms with Gasteiger partial charge in [0.05, 0.1) is 12.0 Å². The van der Waals surface area contributed by atoms with Crippen molar-refractivity contribution in [3.8, 4) is 11.1 Å². The summed E-state index contributed by atoms with van der Waals surface area (Å²) in [4.78, 5) is 11.2. The molecule has 3 aromatic carbocycles. The van der Waals surface area contributed by atoms with E-state index >= 15 is 0 Å². The molecule has 3 aromatic rings. The molecule has 0 spiro atoms. The van der Waals surface area contributed by atoms with Gasteiger partial charge in [-0.15, -0.1) is 0 Å². The molecule has 1 saturated carbocycles. The van der Waals surface area contributed by atoms with Crippen molar-refractivity contribution in [3.63, 3.8) is 0 Å². The Morgan fingerprint density at radius 3 is 2.08 bits per heavy atom. The highest BCUT2D eigenvalue weighted by atomic mass is 19.1. The van der Waals surface area contributed by atoms with Crippen LogP contribution in [0, 0.1) is 19.7 Å². The van der Waals surface area contributed by atoms with E-state index in [-0.39, 0.29) is 11.8 Å². The Kier molecular flexibility index (Phi) is 8.96. The first kappa shape index (κ1) is 29.0. The van der Waals surface area contributed by atoms with Gasteiger partial charge in [0.25, 0.3) is 0 Å². The molecule has 1 aliphatic carbocycles. The summed E-state index contributed by atoms with van der Waals surface area (Å²) in [5.41, 5.74) is 13.0. The number of aryl methyl sites for hydroxylation is 3. The van der Waals surface area contributed by atoms with E-state index in [0.29, 0.717) is 5.56 Å². The minimum atomic E-state index is -0.539. The molecule has 0 unspecified atom stereocenters. The molecule has 4 rings (SSSR count). The van der Waals surface area contributed by atoms with Crippen LogP contribution in [0.1, 0.15) is 98.6 Å². The number of benzene rings is 3. The van der Waals surface area contributed by atoms with E-state index < -0.39 is 17.3 Å². The summed E-state index contributed by atoms with van der Waals surface area (Å²) in [6, 6.07) is 18.5. The number of rotatable bonds is 10. The van der Waals surface area contributed by atoms with Gasteiger partial charge in [-0.05, 0) is 103 Å². The molecule has 1 aliphatic rings. The second kappa shape index (κ2) is 12.0. The summed E-state index contributed by atoms with van der Waals surface area (Å²) in [6.07, 6.45) is 8.97. The minimum absolute atomic E-state index is 0.0986. The lowest BCUT2D eigenvalue weighted by molar-refractivity contribution is -0.117. The van der Waals surface area contributed by atoms with Crippen molar-refractivity contribution in [1.29, 1.82) is 0 Å². The Morgan fingerprint density at radius 2 is 1.51 bits per heavy atom. The van der Waals surface area contributed by atoms with Crippen LogP contribution >= 0.6 is 0 Å². The first-order valence-electron chi connectivity index (χ1n) is 14.6. The fourth-order valence-electron chi connectivity index (χ4n) is 6.67. The molecule has 0 bridgehead atoms. The van der Waals surface area contributed by atoms with Gasteiger partial charge in [0.2, 0.25) is 5.91 Å². The Morgan fingerprint density at radius 1 is 0.897 bits per heavy atom. The molecule has 3 N–H and O–H groups in total. The van der Waals surface area contributed by atoms with Crippen LogP contribution in [-0.2, 0) is 23.1 Å². The Balaban J connectivity index is 1.60. The zero-order valence-corrected chi connectivity index (χ0v) is 24.1. The standard InChI is InChI=1S/C35H44FNO2/c1-5-35(6-2,29-13-12-26(24(3)20-29)16-19-34(39)17-8-7-9-18-34)30-14-15-31(25(4)21-30)27-10-11-28(23-33(37)38)32(36)22-27/h10-15,20-22,39H,5-9,16-19,23H2,1-4H3,(H2,37,38). The molecule has 1 fully saturated rings. The molecule has 0 atom stereocenters. The lowest BCUT2D eigenvalue weighted by Crippen LogP contribution is -2.31. The third-order valence-electron chi connectivity index (χ3n) is 9.25. The molecule has 0 aliphatic heterocycles. The van der Waals surface area contributed by atoms with Crippen LogP contribution < -0.4 is 5.73 Å². The first-order chi connectivity index (χ1) is 18.6. The number of hydrogen-bond donors (Lipinski definition) is 2. The largest absolute Gasteiger partial charge is 0.390 e. The summed E-state index contributed by atoms with van der Waals surface area (Å²) in [5, 5.41) is 11.0. The van der Waals surface area contributed by atoms with E-state index in [2.05, 4.69) is 64.1 Å².